The van der Waals surface area contributed by atoms with Crippen LogP contribution in [0.5, 0.6) is 0 Å². The number of benzene rings is 1. The molecule has 19 heavy (non-hydrogen) atoms. The number of alkyl halides is 3. The van der Waals surface area contributed by atoms with Crippen LogP contribution in [-0.2, 0) is 6.18 Å². The van der Waals surface area contributed by atoms with Crippen molar-refractivity contribution in [1.82, 2.24) is 5.43 Å². The summed E-state index contributed by atoms with van der Waals surface area (Å²) in [5, 5.41) is 3.82. The van der Waals surface area contributed by atoms with Gasteiger partial charge in [-0.25, -0.2) is 5.43 Å². The Balaban J connectivity index is 2.40. The molecule has 1 heterocycles. The summed E-state index contributed by atoms with van der Waals surface area (Å²) in [6.07, 6.45) is -4.32. The van der Waals surface area contributed by atoms with Crippen molar-refractivity contribution in [1.29, 1.82) is 0 Å². The summed E-state index contributed by atoms with van der Waals surface area (Å²) in [4.78, 5) is 0. The second kappa shape index (κ2) is 5.32. The fourth-order valence-electron chi connectivity index (χ4n) is 1.98. The van der Waals surface area contributed by atoms with Gasteiger partial charge in [-0.2, -0.15) is 24.5 Å². The molecule has 2 rings (SSSR count). The van der Waals surface area contributed by atoms with Crippen molar-refractivity contribution in [3.8, 4) is 0 Å². The number of nitrogens with two attached hydrogens (primary N) is 1. The first kappa shape index (κ1) is 14.0. The first-order valence-electron chi connectivity index (χ1n) is 5.59. The lowest BCUT2D eigenvalue weighted by Crippen LogP contribution is -2.29. The van der Waals surface area contributed by atoms with Crippen LogP contribution in [0.25, 0.3) is 0 Å². The first-order valence-corrected chi connectivity index (χ1v) is 6.53. The van der Waals surface area contributed by atoms with Gasteiger partial charge in [-0.1, -0.05) is 6.07 Å². The highest BCUT2D eigenvalue weighted by Crippen LogP contribution is 2.33. The summed E-state index contributed by atoms with van der Waals surface area (Å²) in [7, 11) is 0. The van der Waals surface area contributed by atoms with Gasteiger partial charge in [0.25, 0.3) is 0 Å². The number of thiophene rings is 1. The minimum absolute atomic E-state index is 0.298. The number of hydrogen-bond acceptors (Lipinski definition) is 3. The maximum Gasteiger partial charge on any atom is 0.416 e. The summed E-state index contributed by atoms with van der Waals surface area (Å²) >= 11 is 1.52. The zero-order chi connectivity index (χ0) is 14.0. The van der Waals surface area contributed by atoms with E-state index in [0.717, 1.165) is 23.3 Å². The van der Waals surface area contributed by atoms with E-state index in [2.05, 4.69) is 5.43 Å². The van der Waals surface area contributed by atoms with E-state index in [9.17, 15) is 13.2 Å². The second-order valence-corrected chi connectivity index (χ2v) is 5.01. The number of nitrogens with one attached hydrogen (secondary N) is 1. The zero-order valence-corrected chi connectivity index (χ0v) is 11.0. The monoisotopic (exact) mass is 286 g/mol. The Morgan fingerprint density at radius 3 is 2.47 bits per heavy atom. The third kappa shape index (κ3) is 2.97. The number of halogens is 3. The maximum atomic E-state index is 12.6. The van der Waals surface area contributed by atoms with E-state index in [1.807, 2.05) is 16.8 Å². The highest BCUT2D eigenvalue weighted by atomic mass is 32.1. The van der Waals surface area contributed by atoms with Crippen molar-refractivity contribution in [2.75, 3.05) is 0 Å². The Hall–Kier alpha value is -1.37. The van der Waals surface area contributed by atoms with Crippen LogP contribution in [-0.4, -0.2) is 0 Å². The molecule has 2 aromatic rings. The average molecular weight is 286 g/mol. The van der Waals surface area contributed by atoms with Crippen molar-refractivity contribution in [2.24, 2.45) is 5.84 Å². The quantitative estimate of drug-likeness (QED) is 0.668. The molecule has 1 aromatic heterocycles. The van der Waals surface area contributed by atoms with Gasteiger partial charge in [0.05, 0.1) is 11.6 Å². The first-order chi connectivity index (χ1) is 8.93. The van der Waals surface area contributed by atoms with Crippen LogP contribution >= 0.6 is 11.3 Å². The van der Waals surface area contributed by atoms with Gasteiger partial charge in [-0.3, -0.25) is 5.84 Å². The Kier molecular flexibility index (Phi) is 3.93. The number of hydrazine groups is 1. The van der Waals surface area contributed by atoms with E-state index in [4.69, 9.17) is 5.84 Å². The van der Waals surface area contributed by atoms with Crippen LogP contribution in [0, 0.1) is 6.92 Å². The maximum absolute atomic E-state index is 12.6. The molecule has 3 N–H and O–H groups in total. The highest BCUT2D eigenvalue weighted by molar-refractivity contribution is 7.08. The van der Waals surface area contributed by atoms with E-state index in [1.54, 1.807) is 6.92 Å². The predicted octanol–water partition coefficient (Wildman–Crippen LogP) is 3.63. The third-order valence-electron chi connectivity index (χ3n) is 2.95. The summed E-state index contributed by atoms with van der Waals surface area (Å²) in [5.74, 6) is 5.52. The molecule has 0 fully saturated rings. The zero-order valence-electron chi connectivity index (χ0n) is 10.2. The molecule has 0 aliphatic heterocycles. The Labute approximate surface area is 113 Å². The van der Waals surface area contributed by atoms with Gasteiger partial charge < -0.3 is 0 Å². The Morgan fingerprint density at radius 1 is 1.26 bits per heavy atom. The minimum atomic E-state index is -4.32. The normalized spacial score (nSPS) is 13.5. The van der Waals surface area contributed by atoms with Crippen LogP contribution in [0.2, 0.25) is 0 Å². The number of hydrogen-bond donors (Lipinski definition) is 2. The topological polar surface area (TPSA) is 38.0 Å². The largest absolute Gasteiger partial charge is 0.416 e. The lowest BCUT2D eigenvalue weighted by Gasteiger charge is -2.19. The Morgan fingerprint density at radius 2 is 2.00 bits per heavy atom. The molecule has 1 aromatic carbocycles. The lowest BCUT2D eigenvalue weighted by atomic mass is 9.95. The summed E-state index contributed by atoms with van der Waals surface area (Å²) in [5.41, 5.74) is 4.25. The number of rotatable bonds is 3. The van der Waals surface area contributed by atoms with E-state index in [1.165, 1.54) is 17.4 Å². The van der Waals surface area contributed by atoms with E-state index in [-0.39, 0.29) is 6.04 Å². The molecular weight excluding hydrogens is 273 g/mol. The summed E-state index contributed by atoms with van der Waals surface area (Å²) < 4.78 is 37.9. The molecule has 0 saturated heterocycles. The van der Waals surface area contributed by atoms with Crippen molar-refractivity contribution in [3.63, 3.8) is 0 Å². The molecule has 0 radical (unpaired) electrons. The van der Waals surface area contributed by atoms with E-state index < -0.39 is 11.7 Å². The van der Waals surface area contributed by atoms with Crippen molar-refractivity contribution >= 4 is 11.3 Å². The molecule has 0 bridgehead atoms. The second-order valence-electron chi connectivity index (χ2n) is 4.23. The minimum Gasteiger partial charge on any atom is -0.271 e. The SMILES string of the molecule is Cc1cc(C(F)(F)F)ccc1C(NN)c1ccsc1. The fraction of sp³-hybridized carbons (Fsp3) is 0.231. The van der Waals surface area contributed by atoms with E-state index in [0.29, 0.717) is 5.56 Å². The molecule has 6 heteroatoms. The van der Waals surface area contributed by atoms with Gasteiger partial charge in [0.2, 0.25) is 0 Å². The molecule has 0 amide bonds. The standard InChI is InChI=1S/C13H13F3N2S/c1-8-6-10(13(14,15)16)2-3-11(8)12(18-17)9-4-5-19-7-9/h2-7,12,18H,17H2,1H3. The molecule has 0 spiro atoms. The molecule has 0 aliphatic rings. The van der Waals surface area contributed by atoms with Crippen molar-refractivity contribution in [3.05, 3.63) is 57.3 Å². The van der Waals surface area contributed by atoms with Crippen LogP contribution in [0.4, 0.5) is 13.2 Å². The molecule has 0 aliphatic carbocycles. The van der Waals surface area contributed by atoms with Crippen molar-refractivity contribution < 1.29 is 13.2 Å². The highest BCUT2D eigenvalue weighted by Gasteiger charge is 2.31. The summed E-state index contributed by atoms with van der Waals surface area (Å²) in [6.45, 7) is 1.65. The molecule has 102 valence electrons. The third-order valence-corrected chi connectivity index (χ3v) is 3.65. The fourth-order valence-corrected chi connectivity index (χ4v) is 2.67. The molecule has 1 unspecified atom stereocenters. The van der Waals surface area contributed by atoms with Crippen LogP contribution in [0.15, 0.2) is 35.0 Å². The molecule has 2 nitrogen and oxygen atoms in total. The van der Waals surface area contributed by atoms with Gasteiger partial charge >= 0.3 is 6.18 Å². The van der Waals surface area contributed by atoms with Gasteiger partial charge in [0.15, 0.2) is 0 Å². The predicted molar refractivity (Wildman–Crippen MR) is 69.7 cm³/mol. The van der Waals surface area contributed by atoms with Crippen LogP contribution < -0.4 is 11.3 Å². The van der Waals surface area contributed by atoms with Gasteiger partial charge in [-0.05, 0) is 52.6 Å². The number of aryl methyl sites for hydroxylation is 1. The Bertz CT molecular complexity index is 550. The van der Waals surface area contributed by atoms with Gasteiger partial charge in [-0.15, -0.1) is 0 Å². The van der Waals surface area contributed by atoms with Gasteiger partial charge in [0, 0.05) is 0 Å². The van der Waals surface area contributed by atoms with Crippen molar-refractivity contribution in [2.45, 2.75) is 19.1 Å². The van der Waals surface area contributed by atoms with E-state index >= 15 is 0 Å². The lowest BCUT2D eigenvalue weighted by molar-refractivity contribution is -0.137. The van der Waals surface area contributed by atoms with Crippen LogP contribution in [0.3, 0.4) is 0 Å². The van der Waals surface area contributed by atoms with Gasteiger partial charge in [0.1, 0.15) is 0 Å². The average Bonchev–Trinajstić information content (AvgIpc) is 2.84. The molecule has 0 saturated carbocycles. The molecule has 1 atom stereocenters. The molecular formula is C13H13F3N2S. The van der Waals surface area contributed by atoms with Crippen LogP contribution in [0.1, 0.15) is 28.3 Å². The summed E-state index contributed by atoms with van der Waals surface area (Å²) in [6, 6.07) is 5.30. The smallest absolute Gasteiger partial charge is 0.271 e.